The Kier molecular flexibility index (Phi) is 7.14. The van der Waals surface area contributed by atoms with Gasteiger partial charge in [-0.05, 0) is 18.2 Å². The molecule has 3 unspecified atom stereocenters. The Morgan fingerprint density at radius 3 is 2.50 bits per heavy atom. The molecule has 34 heavy (non-hydrogen) atoms. The first-order valence-corrected chi connectivity index (χ1v) is 10.9. The smallest absolute Gasteiger partial charge is 0.194 e. The predicted octanol–water partition coefficient (Wildman–Crippen LogP) is 0.642. The second-order valence-corrected chi connectivity index (χ2v) is 8.77. The van der Waals surface area contributed by atoms with Crippen molar-refractivity contribution in [2.45, 2.75) is 34.8 Å². The topological polar surface area (TPSA) is 147 Å². The molecule has 180 valence electrons. The van der Waals surface area contributed by atoms with Gasteiger partial charge in [0.2, 0.25) is 0 Å². The highest BCUT2D eigenvalue weighted by molar-refractivity contribution is 7.99. The van der Waals surface area contributed by atoms with Crippen molar-refractivity contribution < 1.29 is 33.2 Å². The summed E-state index contributed by atoms with van der Waals surface area (Å²) >= 11 is 6.86. The lowest BCUT2D eigenvalue weighted by atomic mass is 9.97. The van der Waals surface area contributed by atoms with Gasteiger partial charge in [-0.15, -0.1) is 15.7 Å². The van der Waals surface area contributed by atoms with Crippen molar-refractivity contribution in [1.29, 1.82) is 5.26 Å². The third kappa shape index (κ3) is 4.64. The van der Waals surface area contributed by atoms with Crippen molar-refractivity contribution in [2.24, 2.45) is 0 Å². The molecule has 0 spiro atoms. The zero-order valence-corrected chi connectivity index (χ0v) is 18.4. The van der Waals surface area contributed by atoms with E-state index in [9.17, 15) is 28.5 Å². The number of nitriles is 1. The molecule has 1 fully saturated rings. The van der Waals surface area contributed by atoms with E-state index in [2.05, 4.69) is 21.2 Å². The third-order valence-electron chi connectivity index (χ3n) is 5.12. The summed E-state index contributed by atoms with van der Waals surface area (Å²) in [7, 11) is 0. The van der Waals surface area contributed by atoms with E-state index in [0.29, 0.717) is 0 Å². The van der Waals surface area contributed by atoms with Crippen LogP contribution in [-0.4, -0.2) is 66.9 Å². The number of halogens is 4. The highest BCUT2D eigenvalue weighted by atomic mass is 35.5. The maximum absolute atomic E-state index is 13.6. The van der Waals surface area contributed by atoms with Gasteiger partial charge in [0, 0.05) is 11.8 Å². The van der Waals surface area contributed by atoms with E-state index >= 15 is 0 Å². The van der Waals surface area contributed by atoms with Gasteiger partial charge in [0.15, 0.2) is 23.1 Å². The van der Waals surface area contributed by atoms with Gasteiger partial charge in [-0.1, -0.05) is 23.4 Å². The molecule has 5 atom stereocenters. The molecular formula is C19H16ClF3N6O4S. The Morgan fingerprint density at radius 1 is 1.18 bits per heavy atom. The molecule has 0 saturated carbocycles. The van der Waals surface area contributed by atoms with E-state index in [-0.39, 0.29) is 27.0 Å². The van der Waals surface area contributed by atoms with Crippen LogP contribution in [0.4, 0.5) is 13.2 Å². The monoisotopic (exact) mass is 516 g/mol. The SMILES string of the molecule is N#Cc1nnc(S[C@H]2OC(CO)[C@H](O)C(N3C=C(c4cc(F)c(F)c(F)c4)NN3)C2O)cc1Cl. The fourth-order valence-electron chi connectivity index (χ4n) is 3.45. The lowest BCUT2D eigenvalue weighted by Gasteiger charge is -2.44. The van der Waals surface area contributed by atoms with Crippen LogP contribution >= 0.6 is 23.4 Å². The van der Waals surface area contributed by atoms with E-state index in [1.54, 1.807) is 6.07 Å². The third-order valence-corrected chi connectivity index (χ3v) is 6.47. The largest absolute Gasteiger partial charge is 0.394 e. The van der Waals surface area contributed by atoms with E-state index < -0.39 is 53.8 Å². The maximum atomic E-state index is 13.6. The highest BCUT2D eigenvalue weighted by Gasteiger charge is 2.48. The van der Waals surface area contributed by atoms with Gasteiger partial charge in [0.25, 0.3) is 0 Å². The van der Waals surface area contributed by atoms with Crippen LogP contribution in [0.25, 0.3) is 5.70 Å². The molecule has 1 aromatic heterocycles. The van der Waals surface area contributed by atoms with Gasteiger partial charge >= 0.3 is 0 Å². The number of ether oxygens (including phenoxy) is 1. The Bertz CT molecular complexity index is 1150. The number of nitrogens with zero attached hydrogens (tertiary/aromatic N) is 4. The first-order valence-electron chi connectivity index (χ1n) is 9.62. The van der Waals surface area contributed by atoms with Crippen LogP contribution in [0.15, 0.2) is 29.4 Å². The van der Waals surface area contributed by atoms with Crippen LogP contribution < -0.4 is 11.0 Å². The van der Waals surface area contributed by atoms with Crippen LogP contribution in [0.5, 0.6) is 0 Å². The molecule has 5 N–H and O–H groups in total. The van der Waals surface area contributed by atoms with Crippen LogP contribution in [0.2, 0.25) is 5.02 Å². The Balaban J connectivity index is 1.59. The number of nitrogens with one attached hydrogen (secondary N) is 2. The van der Waals surface area contributed by atoms with Crippen molar-refractivity contribution in [3.05, 3.63) is 58.1 Å². The average molecular weight is 517 g/mol. The van der Waals surface area contributed by atoms with E-state index in [1.165, 1.54) is 17.3 Å². The molecule has 1 saturated heterocycles. The molecule has 2 aliphatic heterocycles. The fraction of sp³-hybridized carbons (Fsp3) is 0.316. The molecule has 1 aromatic carbocycles. The lowest BCUT2D eigenvalue weighted by Crippen LogP contribution is -2.65. The van der Waals surface area contributed by atoms with E-state index in [4.69, 9.17) is 21.6 Å². The van der Waals surface area contributed by atoms with Crippen LogP contribution in [-0.2, 0) is 4.74 Å². The summed E-state index contributed by atoms with van der Waals surface area (Å²) in [5, 5.41) is 49.2. The van der Waals surface area contributed by atoms with Crippen molar-refractivity contribution >= 4 is 29.1 Å². The Labute approximate surface area is 199 Å². The van der Waals surface area contributed by atoms with Gasteiger partial charge in [0.05, 0.1) is 17.3 Å². The van der Waals surface area contributed by atoms with Gasteiger partial charge in [-0.3, -0.25) is 5.01 Å². The summed E-state index contributed by atoms with van der Waals surface area (Å²) < 4.78 is 46.2. The molecule has 0 amide bonds. The first kappa shape index (κ1) is 24.5. The zero-order valence-electron chi connectivity index (χ0n) is 16.9. The summed E-state index contributed by atoms with van der Waals surface area (Å²) in [6.07, 6.45) is -2.61. The molecule has 2 aliphatic rings. The highest BCUT2D eigenvalue weighted by Crippen LogP contribution is 2.35. The normalized spacial score (nSPS) is 26.7. The summed E-state index contributed by atoms with van der Waals surface area (Å²) in [5.41, 5.74) is 4.21. The molecule has 0 aliphatic carbocycles. The minimum Gasteiger partial charge on any atom is -0.394 e. The second-order valence-electron chi connectivity index (χ2n) is 7.25. The lowest BCUT2D eigenvalue weighted by molar-refractivity contribution is -0.189. The summed E-state index contributed by atoms with van der Waals surface area (Å²) in [6.45, 7) is -0.590. The summed E-state index contributed by atoms with van der Waals surface area (Å²) in [6, 6.07) is 3.56. The van der Waals surface area contributed by atoms with Crippen molar-refractivity contribution in [3.8, 4) is 6.07 Å². The molecular weight excluding hydrogens is 501 g/mol. The number of hydrogen-bond acceptors (Lipinski definition) is 11. The molecule has 2 aromatic rings. The van der Waals surface area contributed by atoms with Crippen LogP contribution in [0.3, 0.4) is 0 Å². The molecule has 0 radical (unpaired) electrons. The van der Waals surface area contributed by atoms with Gasteiger partial charge in [0.1, 0.15) is 40.9 Å². The van der Waals surface area contributed by atoms with Crippen molar-refractivity contribution in [1.82, 2.24) is 26.2 Å². The van der Waals surface area contributed by atoms with Gasteiger partial charge < -0.3 is 25.5 Å². The van der Waals surface area contributed by atoms with E-state index in [1.807, 2.05) is 0 Å². The number of thioether (sulfide) groups is 1. The van der Waals surface area contributed by atoms with Crippen molar-refractivity contribution in [3.63, 3.8) is 0 Å². The molecule has 4 rings (SSSR count). The summed E-state index contributed by atoms with van der Waals surface area (Å²) in [4.78, 5) is 0. The first-order chi connectivity index (χ1) is 16.2. The second kappa shape index (κ2) is 9.92. The minimum atomic E-state index is -1.61. The van der Waals surface area contributed by atoms with Gasteiger partial charge in [-0.25, -0.2) is 13.2 Å². The Morgan fingerprint density at radius 2 is 1.88 bits per heavy atom. The predicted molar refractivity (Wildman–Crippen MR) is 112 cm³/mol. The average Bonchev–Trinajstić information content (AvgIpc) is 3.29. The minimum absolute atomic E-state index is 0.0328. The molecule has 10 nitrogen and oxygen atoms in total. The molecule has 3 heterocycles. The number of hydrazine groups is 2. The van der Waals surface area contributed by atoms with E-state index in [0.717, 1.165) is 23.9 Å². The quantitative estimate of drug-likeness (QED) is 0.357. The zero-order chi connectivity index (χ0) is 24.6. The summed E-state index contributed by atoms with van der Waals surface area (Å²) in [5.74, 6) is -4.39. The van der Waals surface area contributed by atoms with Crippen molar-refractivity contribution in [2.75, 3.05) is 6.61 Å². The van der Waals surface area contributed by atoms with Crippen LogP contribution in [0.1, 0.15) is 11.3 Å². The van der Waals surface area contributed by atoms with Gasteiger partial charge in [-0.2, -0.15) is 5.26 Å². The fourth-order valence-corrected chi connectivity index (χ4v) is 4.70. The molecule has 0 bridgehead atoms. The number of aliphatic hydroxyl groups excluding tert-OH is 3. The Hall–Kier alpha value is -2.64. The number of aromatic nitrogens is 2. The maximum Gasteiger partial charge on any atom is 0.194 e. The number of benzene rings is 1. The number of aliphatic hydroxyl groups is 3. The number of rotatable bonds is 5. The standard InChI is InChI=1S/C19H16ClF3N6O4S/c20-8-3-14(27-25-11(8)4-24)34-19-18(32)16(17(31)13(6-30)33-19)29-5-12(26-28-29)7-1-9(21)15(23)10(22)2-7/h1-3,5,13,16-19,26,28,30-32H,6H2/t13?,16?,17-,18?,19+/m0/s1. The molecule has 15 heteroatoms. The van der Waals surface area contributed by atoms with Crippen LogP contribution in [0, 0.1) is 28.8 Å². The number of hydrogen-bond donors (Lipinski definition) is 5.